The normalized spacial score (nSPS) is 30.6. The smallest absolute Gasteiger partial charge is 0.124 e. The molecule has 4 atom stereocenters. The maximum absolute atomic E-state index is 6.44. The molecule has 2 saturated carbocycles. The van der Waals surface area contributed by atoms with Gasteiger partial charge in [0.05, 0.1) is 7.11 Å². The molecule has 2 aliphatic rings. The second-order valence-electron chi connectivity index (χ2n) is 6.16. The lowest BCUT2D eigenvalue weighted by atomic mass is 9.83. The van der Waals surface area contributed by atoms with Crippen LogP contribution in [0.5, 0.6) is 5.75 Å². The molecule has 2 aliphatic carbocycles. The largest absolute Gasteiger partial charge is 0.496 e. The van der Waals surface area contributed by atoms with Gasteiger partial charge in [-0.15, -0.1) is 0 Å². The summed E-state index contributed by atoms with van der Waals surface area (Å²) in [5.74, 6) is 3.68. The minimum atomic E-state index is 0.104. The maximum Gasteiger partial charge on any atom is 0.124 e. The van der Waals surface area contributed by atoms with Crippen LogP contribution in [-0.2, 0) is 0 Å². The fourth-order valence-corrected chi connectivity index (χ4v) is 4.45. The summed E-state index contributed by atoms with van der Waals surface area (Å²) < 4.78 is 6.51. The van der Waals surface area contributed by atoms with Crippen molar-refractivity contribution in [2.45, 2.75) is 38.1 Å². The Morgan fingerprint density at radius 3 is 2.84 bits per heavy atom. The number of benzene rings is 1. The number of hydrogen-bond donors (Lipinski definition) is 1. The molecule has 2 bridgehead atoms. The van der Waals surface area contributed by atoms with Gasteiger partial charge in [0.15, 0.2) is 0 Å². The highest BCUT2D eigenvalue weighted by Crippen LogP contribution is 2.51. The monoisotopic (exact) mass is 323 g/mol. The number of rotatable bonds is 4. The minimum absolute atomic E-state index is 0.104. The summed E-state index contributed by atoms with van der Waals surface area (Å²) in [7, 11) is 1.72. The van der Waals surface area contributed by atoms with E-state index in [4.69, 9.17) is 10.5 Å². The molecule has 3 heteroatoms. The first-order valence-corrected chi connectivity index (χ1v) is 8.05. The van der Waals surface area contributed by atoms with Gasteiger partial charge in [0.25, 0.3) is 0 Å². The molecular formula is C16H22BrNO. The Kier molecular flexibility index (Phi) is 3.86. The third-order valence-corrected chi connectivity index (χ3v) is 5.53. The van der Waals surface area contributed by atoms with Crippen LogP contribution in [0.25, 0.3) is 0 Å². The fraction of sp³-hybridized carbons (Fsp3) is 0.625. The predicted octanol–water partition coefficient (Wildman–Crippen LogP) is 4.28. The Morgan fingerprint density at radius 2 is 2.21 bits per heavy atom. The fourth-order valence-electron chi connectivity index (χ4n) is 4.11. The quantitative estimate of drug-likeness (QED) is 0.897. The van der Waals surface area contributed by atoms with E-state index in [0.717, 1.165) is 40.0 Å². The zero-order valence-corrected chi connectivity index (χ0v) is 13.0. The Hall–Kier alpha value is -0.540. The van der Waals surface area contributed by atoms with E-state index in [2.05, 4.69) is 28.1 Å². The van der Waals surface area contributed by atoms with Crippen LogP contribution in [0.4, 0.5) is 0 Å². The first-order chi connectivity index (χ1) is 9.17. The van der Waals surface area contributed by atoms with Crippen LogP contribution in [0.1, 0.15) is 43.7 Å². The van der Waals surface area contributed by atoms with Crippen LogP contribution in [0, 0.1) is 17.8 Å². The molecule has 1 aromatic carbocycles. The van der Waals surface area contributed by atoms with E-state index in [-0.39, 0.29) is 6.04 Å². The van der Waals surface area contributed by atoms with Crippen LogP contribution in [-0.4, -0.2) is 7.11 Å². The van der Waals surface area contributed by atoms with Crippen molar-refractivity contribution in [2.75, 3.05) is 7.11 Å². The van der Waals surface area contributed by atoms with Crippen molar-refractivity contribution in [1.29, 1.82) is 0 Å². The van der Waals surface area contributed by atoms with E-state index in [1.807, 2.05) is 6.07 Å². The molecule has 19 heavy (non-hydrogen) atoms. The second-order valence-corrected chi connectivity index (χ2v) is 7.08. The standard InChI is InChI=1S/C16H22BrNO/c1-19-16-9-13(17)4-5-14(16)15(18)8-12-7-10-2-3-11(12)6-10/h4-5,9-12,15H,2-3,6-8,18H2,1H3. The third-order valence-electron chi connectivity index (χ3n) is 5.04. The highest BCUT2D eigenvalue weighted by molar-refractivity contribution is 9.10. The number of hydrogen-bond acceptors (Lipinski definition) is 2. The molecule has 0 aromatic heterocycles. The number of halogens is 1. The lowest BCUT2D eigenvalue weighted by molar-refractivity contribution is 0.293. The highest BCUT2D eigenvalue weighted by atomic mass is 79.9. The van der Waals surface area contributed by atoms with Gasteiger partial charge in [0, 0.05) is 16.1 Å². The summed E-state index contributed by atoms with van der Waals surface area (Å²) in [5, 5.41) is 0. The lowest BCUT2D eigenvalue weighted by Gasteiger charge is -2.25. The Balaban J connectivity index is 1.71. The summed E-state index contributed by atoms with van der Waals surface area (Å²) >= 11 is 3.48. The van der Waals surface area contributed by atoms with Gasteiger partial charge in [-0.05, 0) is 55.6 Å². The molecule has 104 valence electrons. The molecule has 3 rings (SSSR count). The predicted molar refractivity (Wildman–Crippen MR) is 81.2 cm³/mol. The van der Waals surface area contributed by atoms with E-state index in [9.17, 15) is 0 Å². The van der Waals surface area contributed by atoms with Gasteiger partial charge in [-0.25, -0.2) is 0 Å². The van der Waals surface area contributed by atoms with Crippen molar-refractivity contribution in [3.05, 3.63) is 28.2 Å². The average molecular weight is 324 g/mol. The van der Waals surface area contributed by atoms with Crippen molar-refractivity contribution in [3.63, 3.8) is 0 Å². The van der Waals surface area contributed by atoms with E-state index in [1.54, 1.807) is 7.11 Å². The Labute approximate surface area is 123 Å². The molecule has 2 N–H and O–H groups in total. The molecule has 4 unspecified atom stereocenters. The first-order valence-electron chi connectivity index (χ1n) is 7.26. The molecule has 2 nitrogen and oxygen atoms in total. The van der Waals surface area contributed by atoms with E-state index in [0.29, 0.717) is 0 Å². The second kappa shape index (κ2) is 5.45. The molecular weight excluding hydrogens is 302 g/mol. The van der Waals surface area contributed by atoms with Crippen molar-refractivity contribution in [3.8, 4) is 5.75 Å². The summed E-state index contributed by atoms with van der Waals surface area (Å²) in [6.07, 6.45) is 6.85. The zero-order valence-electron chi connectivity index (χ0n) is 11.4. The third kappa shape index (κ3) is 2.68. The van der Waals surface area contributed by atoms with Gasteiger partial charge < -0.3 is 10.5 Å². The number of fused-ring (bicyclic) bond motifs is 2. The topological polar surface area (TPSA) is 35.2 Å². The molecule has 0 aliphatic heterocycles. The molecule has 0 heterocycles. The van der Waals surface area contributed by atoms with Crippen LogP contribution in [0.3, 0.4) is 0 Å². The molecule has 0 spiro atoms. The van der Waals surface area contributed by atoms with E-state index >= 15 is 0 Å². The van der Waals surface area contributed by atoms with Gasteiger partial charge in [-0.3, -0.25) is 0 Å². The number of methoxy groups -OCH3 is 1. The summed E-state index contributed by atoms with van der Waals surface area (Å²) in [5.41, 5.74) is 7.58. The molecule has 0 amide bonds. The van der Waals surface area contributed by atoms with Gasteiger partial charge >= 0.3 is 0 Å². The van der Waals surface area contributed by atoms with Crippen LogP contribution in [0.15, 0.2) is 22.7 Å². The van der Waals surface area contributed by atoms with Gasteiger partial charge in [-0.1, -0.05) is 28.4 Å². The lowest BCUT2D eigenvalue weighted by Crippen LogP contribution is -2.20. The molecule has 0 radical (unpaired) electrons. The van der Waals surface area contributed by atoms with Gasteiger partial charge in [-0.2, -0.15) is 0 Å². The van der Waals surface area contributed by atoms with Crippen molar-refractivity contribution in [2.24, 2.45) is 23.5 Å². The number of nitrogens with two attached hydrogens (primary N) is 1. The van der Waals surface area contributed by atoms with E-state index < -0.39 is 0 Å². The summed E-state index contributed by atoms with van der Waals surface area (Å²) in [6.45, 7) is 0. The molecule has 2 fully saturated rings. The number of ether oxygens (including phenoxy) is 1. The van der Waals surface area contributed by atoms with Crippen molar-refractivity contribution >= 4 is 15.9 Å². The van der Waals surface area contributed by atoms with Crippen molar-refractivity contribution < 1.29 is 4.74 Å². The molecule has 0 saturated heterocycles. The van der Waals surface area contributed by atoms with Crippen LogP contribution >= 0.6 is 15.9 Å². The summed E-state index contributed by atoms with van der Waals surface area (Å²) in [6, 6.07) is 6.27. The van der Waals surface area contributed by atoms with Crippen LogP contribution in [0.2, 0.25) is 0 Å². The van der Waals surface area contributed by atoms with Gasteiger partial charge in [0.1, 0.15) is 5.75 Å². The summed E-state index contributed by atoms with van der Waals surface area (Å²) in [4.78, 5) is 0. The van der Waals surface area contributed by atoms with Gasteiger partial charge in [0.2, 0.25) is 0 Å². The Bertz CT molecular complexity index is 462. The van der Waals surface area contributed by atoms with E-state index in [1.165, 1.54) is 25.7 Å². The zero-order chi connectivity index (χ0) is 13.4. The maximum atomic E-state index is 6.44. The highest BCUT2D eigenvalue weighted by Gasteiger charge is 2.40. The van der Waals surface area contributed by atoms with Crippen molar-refractivity contribution in [1.82, 2.24) is 0 Å². The SMILES string of the molecule is COc1cc(Br)ccc1C(N)CC1CC2CCC1C2. The molecule has 1 aromatic rings. The first kappa shape index (κ1) is 13.4. The minimum Gasteiger partial charge on any atom is -0.496 e. The Morgan fingerprint density at radius 1 is 1.37 bits per heavy atom. The van der Waals surface area contributed by atoms with Crippen LogP contribution < -0.4 is 10.5 Å². The average Bonchev–Trinajstić information content (AvgIpc) is 3.00.